The third-order valence-corrected chi connectivity index (χ3v) is 4.77. The van der Waals surface area contributed by atoms with E-state index in [0.717, 1.165) is 50.3 Å². The van der Waals surface area contributed by atoms with E-state index in [0.29, 0.717) is 6.04 Å². The highest BCUT2D eigenvalue weighted by atomic mass is 16.5. The van der Waals surface area contributed by atoms with Crippen molar-refractivity contribution in [2.75, 3.05) is 25.5 Å². The highest BCUT2D eigenvalue weighted by Gasteiger charge is 2.46. The zero-order valence-corrected chi connectivity index (χ0v) is 12.0. The summed E-state index contributed by atoms with van der Waals surface area (Å²) < 4.78 is 5.39. The fraction of sp³-hybridized carbons (Fsp3) is 0.562. The lowest BCUT2D eigenvalue weighted by atomic mass is 9.81. The number of nitrogens with two attached hydrogens (primary N) is 1. The molecule has 1 aromatic carbocycles. The average molecular weight is 274 g/mol. The molecule has 2 aliphatic rings. The molecule has 20 heavy (non-hydrogen) atoms. The number of amides is 1. The van der Waals surface area contributed by atoms with Gasteiger partial charge >= 0.3 is 0 Å². The van der Waals surface area contributed by atoms with E-state index in [1.54, 1.807) is 0 Å². The van der Waals surface area contributed by atoms with Crippen LogP contribution in [0.1, 0.15) is 31.7 Å². The Balaban J connectivity index is 1.81. The van der Waals surface area contributed by atoms with E-state index in [4.69, 9.17) is 10.5 Å². The van der Waals surface area contributed by atoms with E-state index in [1.165, 1.54) is 0 Å². The van der Waals surface area contributed by atoms with Crippen molar-refractivity contribution in [1.82, 2.24) is 4.90 Å². The van der Waals surface area contributed by atoms with Gasteiger partial charge in [0.05, 0.1) is 5.41 Å². The molecule has 3 rings (SSSR count). The molecule has 1 amide bonds. The molecular formula is C16H22N2O2. The number of anilines is 1. The summed E-state index contributed by atoms with van der Waals surface area (Å²) in [6.07, 6.45) is 2.81. The first-order valence-electron chi connectivity index (χ1n) is 7.36. The van der Waals surface area contributed by atoms with E-state index in [-0.39, 0.29) is 5.91 Å². The second-order valence-corrected chi connectivity index (χ2v) is 6.05. The molecule has 2 N–H and O–H groups in total. The number of rotatable bonds is 2. The van der Waals surface area contributed by atoms with Crippen LogP contribution in [-0.4, -0.2) is 36.6 Å². The molecule has 2 heterocycles. The first-order valence-corrected chi connectivity index (χ1v) is 7.36. The van der Waals surface area contributed by atoms with Crippen LogP contribution >= 0.6 is 0 Å². The van der Waals surface area contributed by atoms with Crippen molar-refractivity contribution >= 4 is 11.6 Å². The van der Waals surface area contributed by atoms with E-state index in [2.05, 4.69) is 11.8 Å². The predicted octanol–water partition coefficient (Wildman–Crippen LogP) is 1.94. The van der Waals surface area contributed by atoms with E-state index in [9.17, 15) is 4.79 Å². The second-order valence-electron chi connectivity index (χ2n) is 6.05. The van der Waals surface area contributed by atoms with Gasteiger partial charge < -0.3 is 15.4 Å². The van der Waals surface area contributed by atoms with E-state index >= 15 is 0 Å². The number of carbonyl (C=O) groups excluding carboxylic acids is 1. The number of ether oxygens (including phenoxy) is 1. The van der Waals surface area contributed by atoms with Crippen molar-refractivity contribution in [2.24, 2.45) is 0 Å². The molecule has 1 aromatic rings. The normalized spacial score (nSPS) is 28.1. The number of nitrogens with zero attached hydrogens (tertiary/aromatic N) is 1. The molecule has 4 heteroatoms. The Hall–Kier alpha value is -1.55. The van der Waals surface area contributed by atoms with Gasteiger partial charge in [0.2, 0.25) is 5.91 Å². The van der Waals surface area contributed by atoms with Gasteiger partial charge in [-0.05, 0) is 43.9 Å². The predicted molar refractivity (Wildman–Crippen MR) is 78.4 cm³/mol. The molecule has 2 aliphatic heterocycles. The van der Waals surface area contributed by atoms with Crippen molar-refractivity contribution in [2.45, 2.75) is 37.6 Å². The zero-order valence-electron chi connectivity index (χ0n) is 12.0. The highest BCUT2D eigenvalue weighted by molar-refractivity contribution is 5.90. The lowest BCUT2D eigenvalue weighted by Crippen LogP contribution is -2.44. The van der Waals surface area contributed by atoms with Gasteiger partial charge in [-0.3, -0.25) is 4.79 Å². The number of nitrogen functional groups attached to an aromatic ring is 1. The third-order valence-electron chi connectivity index (χ3n) is 4.77. The van der Waals surface area contributed by atoms with Crippen molar-refractivity contribution in [1.29, 1.82) is 0 Å². The van der Waals surface area contributed by atoms with Gasteiger partial charge in [-0.15, -0.1) is 0 Å². The molecule has 0 aliphatic carbocycles. The summed E-state index contributed by atoms with van der Waals surface area (Å²) in [6, 6.07) is 8.09. The first kappa shape index (κ1) is 13.4. The van der Waals surface area contributed by atoms with Gasteiger partial charge in [0.25, 0.3) is 0 Å². The topological polar surface area (TPSA) is 55.6 Å². The number of likely N-dealkylation sites (tertiary alicyclic amines) is 1. The van der Waals surface area contributed by atoms with Crippen LogP contribution in [0, 0.1) is 0 Å². The Labute approximate surface area is 119 Å². The Morgan fingerprint density at radius 3 is 2.55 bits per heavy atom. The van der Waals surface area contributed by atoms with Gasteiger partial charge in [-0.25, -0.2) is 0 Å². The summed E-state index contributed by atoms with van der Waals surface area (Å²) in [7, 11) is 0. The molecule has 4 nitrogen and oxygen atoms in total. The fourth-order valence-electron chi connectivity index (χ4n) is 3.33. The summed E-state index contributed by atoms with van der Waals surface area (Å²) in [6.45, 7) is 4.45. The maximum atomic E-state index is 12.9. The minimum absolute atomic E-state index is 0.258. The maximum absolute atomic E-state index is 12.9. The molecule has 1 atom stereocenters. The molecule has 1 unspecified atom stereocenters. The van der Waals surface area contributed by atoms with Crippen LogP contribution in [0.5, 0.6) is 0 Å². The number of carbonyl (C=O) groups is 1. The van der Waals surface area contributed by atoms with Crippen LogP contribution in [0.2, 0.25) is 0 Å². The Bertz CT molecular complexity index is 494. The molecule has 0 bridgehead atoms. The lowest BCUT2D eigenvalue weighted by molar-refractivity contribution is -0.135. The monoisotopic (exact) mass is 274 g/mol. The van der Waals surface area contributed by atoms with E-state index < -0.39 is 5.41 Å². The average Bonchev–Trinajstić information content (AvgIpc) is 2.78. The smallest absolute Gasteiger partial charge is 0.233 e. The number of hydrogen-bond donors (Lipinski definition) is 1. The quantitative estimate of drug-likeness (QED) is 0.839. The minimum Gasteiger partial charge on any atom is -0.399 e. The van der Waals surface area contributed by atoms with Gasteiger partial charge in [0.15, 0.2) is 0 Å². The molecule has 108 valence electrons. The molecule has 0 saturated carbocycles. The lowest BCUT2D eigenvalue weighted by Gasteiger charge is -2.32. The molecule has 2 saturated heterocycles. The minimum atomic E-state index is -0.397. The molecule has 2 fully saturated rings. The van der Waals surface area contributed by atoms with Gasteiger partial charge in [-0.2, -0.15) is 0 Å². The van der Waals surface area contributed by atoms with Crippen LogP contribution in [-0.2, 0) is 14.9 Å². The summed E-state index contributed by atoms with van der Waals surface area (Å²) in [5, 5.41) is 0. The Kier molecular flexibility index (Phi) is 3.42. The van der Waals surface area contributed by atoms with Crippen LogP contribution in [0.3, 0.4) is 0 Å². The van der Waals surface area contributed by atoms with Crippen LogP contribution in [0.25, 0.3) is 0 Å². The maximum Gasteiger partial charge on any atom is 0.233 e. The fourth-order valence-corrected chi connectivity index (χ4v) is 3.33. The van der Waals surface area contributed by atoms with Crippen molar-refractivity contribution < 1.29 is 9.53 Å². The molecule has 0 spiro atoms. The molecule has 0 radical (unpaired) electrons. The first-order chi connectivity index (χ1) is 9.61. The Morgan fingerprint density at radius 1 is 1.25 bits per heavy atom. The van der Waals surface area contributed by atoms with Crippen molar-refractivity contribution in [3.05, 3.63) is 29.8 Å². The van der Waals surface area contributed by atoms with E-state index in [1.807, 2.05) is 24.3 Å². The van der Waals surface area contributed by atoms with Gasteiger partial charge in [0.1, 0.15) is 0 Å². The van der Waals surface area contributed by atoms with Gasteiger partial charge in [0, 0.05) is 31.5 Å². The van der Waals surface area contributed by atoms with Crippen molar-refractivity contribution in [3.63, 3.8) is 0 Å². The summed E-state index contributed by atoms with van der Waals surface area (Å²) in [4.78, 5) is 14.9. The number of hydrogen-bond acceptors (Lipinski definition) is 3. The summed E-state index contributed by atoms with van der Waals surface area (Å²) >= 11 is 0. The largest absolute Gasteiger partial charge is 0.399 e. The van der Waals surface area contributed by atoms with Crippen molar-refractivity contribution in [3.8, 4) is 0 Å². The van der Waals surface area contributed by atoms with Gasteiger partial charge in [-0.1, -0.05) is 12.1 Å². The number of benzene rings is 1. The van der Waals surface area contributed by atoms with Crippen LogP contribution < -0.4 is 5.73 Å². The summed E-state index contributed by atoms with van der Waals surface area (Å²) in [5.74, 6) is 0.258. The third kappa shape index (κ3) is 2.18. The second kappa shape index (κ2) is 5.09. The highest BCUT2D eigenvalue weighted by Crippen LogP contribution is 2.37. The standard InChI is InChI=1S/C16H22N2O2/c1-16(12-2-4-13(17)5-3-12)8-9-18(15(16)19)14-6-10-20-11-7-14/h2-5,14H,6-11,17H2,1H3. The molecule has 0 aromatic heterocycles. The summed E-state index contributed by atoms with van der Waals surface area (Å²) in [5.41, 5.74) is 7.16. The zero-order chi connectivity index (χ0) is 14.2. The SMILES string of the molecule is CC1(c2ccc(N)cc2)CCN(C2CCOCC2)C1=O. The van der Waals surface area contributed by atoms with Crippen LogP contribution in [0.4, 0.5) is 5.69 Å². The Morgan fingerprint density at radius 2 is 1.90 bits per heavy atom. The molecular weight excluding hydrogens is 252 g/mol. The van der Waals surface area contributed by atoms with Crippen LogP contribution in [0.15, 0.2) is 24.3 Å².